The average Bonchev–Trinajstić information content (AvgIpc) is 3.29. The van der Waals surface area contributed by atoms with Gasteiger partial charge in [-0.3, -0.25) is 4.79 Å². The van der Waals surface area contributed by atoms with Gasteiger partial charge in [-0.05, 0) is 61.4 Å². The predicted molar refractivity (Wildman–Crippen MR) is 129 cm³/mol. The summed E-state index contributed by atoms with van der Waals surface area (Å²) in [5, 5.41) is 13.0. The Morgan fingerprint density at radius 2 is 1.68 bits per heavy atom. The van der Waals surface area contributed by atoms with Crippen LogP contribution in [0.15, 0.2) is 54.7 Å². The highest BCUT2D eigenvalue weighted by molar-refractivity contribution is 5.95. The molecular weight excluding hydrogens is 434 g/mol. The Balaban J connectivity index is 0.000000248. The number of carbonyl (C=O) groups excluding carboxylic acids is 1. The molecule has 0 aliphatic carbocycles. The number of ketones is 1. The molecule has 1 N–H and O–H groups in total. The van der Waals surface area contributed by atoms with Crippen molar-refractivity contribution in [3.05, 3.63) is 77.1 Å². The van der Waals surface area contributed by atoms with Crippen LogP contribution in [0.2, 0.25) is 0 Å². The summed E-state index contributed by atoms with van der Waals surface area (Å²) in [5.74, 6) is 0.415. The first kappa shape index (κ1) is 24.4. The van der Waals surface area contributed by atoms with Crippen molar-refractivity contribution in [2.24, 2.45) is 0 Å². The molecule has 4 aromatic rings. The summed E-state index contributed by atoms with van der Waals surface area (Å²) in [6.45, 7) is 5.68. The van der Waals surface area contributed by atoms with E-state index in [0.717, 1.165) is 22.4 Å². The van der Waals surface area contributed by atoms with E-state index in [2.05, 4.69) is 10.1 Å². The van der Waals surface area contributed by atoms with Gasteiger partial charge in [0.25, 0.3) is 0 Å². The minimum Gasteiger partial charge on any atom is -0.493 e. The van der Waals surface area contributed by atoms with Crippen LogP contribution in [0.4, 0.5) is 0 Å². The van der Waals surface area contributed by atoms with Crippen LogP contribution in [0.1, 0.15) is 45.3 Å². The number of carboxylic acid groups (broad SMARTS) is 1. The number of carboxylic acids is 1. The lowest BCUT2D eigenvalue weighted by Gasteiger charge is -2.10. The maximum absolute atomic E-state index is 11.9. The lowest BCUT2D eigenvalue weighted by molar-refractivity contribution is 0.0696. The molecule has 0 bridgehead atoms. The van der Waals surface area contributed by atoms with E-state index in [1.165, 1.54) is 0 Å². The van der Waals surface area contributed by atoms with Gasteiger partial charge in [0.1, 0.15) is 5.69 Å². The highest BCUT2D eigenvalue weighted by Crippen LogP contribution is 2.32. The highest BCUT2D eigenvalue weighted by Gasteiger charge is 2.14. The number of hydrogen-bond donors (Lipinski definition) is 1. The fraction of sp³-hybridized carbons (Fsp3) is 0.231. The topological polar surface area (TPSA) is 103 Å². The monoisotopic (exact) mass is 461 g/mol. The second-order valence-electron chi connectivity index (χ2n) is 7.58. The molecule has 0 spiro atoms. The van der Waals surface area contributed by atoms with Crippen molar-refractivity contribution in [2.75, 3.05) is 14.2 Å². The van der Waals surface area contributed by atoms with Crippen molar-refractivity contribution in [3.63, 3.8) is 0 Å². The number of aromatic nitrogens is 3. The average molecular weight is 462 g/mol. The van der Waals surface area contributed by atoms with Crippen molar-refractivity contribution in [1.29, 1.82) is 0 Å². The predicted octanol–water partition coefficient (Wildman–Crippen LogP) is 5.01. The molecule has 34 heavy (non-hydrogen) atoms. The number of carbonyl (C=O) groups is 2. The number of methoxy groups -OCH3 is 2. The van der Waals surface area contributed by atoms with E-state index >= 15 is 0 Å². The summed E-state index contributed by atoms with van der Waals surface area (Å²) < 4.78 is 12.3. The van der Waals surface area contributed by atoms with Crippen LogP contribution in [-0.2, 0) is 0 Å². The lowest BCUT2D eigenvalue weighted by Crippen LogP contribution is -2.00. The van der Waals surface area contributed by atoms with Crippen LogP contribution in [0.3, 0.4) is 0 Å². The molecule has 0 atom stereocenters. The van der Waals surface area contributed by atoms with Crippen LogP contribution in [0.5, 0.6) is 11.5 Å². The molecule has 2 aromatic carbocycles. The quantitative estimate of drug-likeness (QED) is 0.403. The number of Topliss-reactive ketones (excluding diaryl/α,β-unsaturated/α-hetero) is 1. The first-order valence-electron chi connectivity index (χ1n) is 10.7. The number of aryl methyl sites for hydroxylation is 2. The van der Waals surface area contributed by atoms with Crippen LogP contribution < -0.4 is 9.47 Å². The second-order valence-corrected chi connectivity index (χ2v) is 7.58. The molecule has 0 amide bonds. The molecule has 0 unspecified atom stereocenters. The van der Waals surface area contributed by atoms with E-state index < -0.39 is 5.97 Å². The van der Waals surface area contributed by atoms with Crippen LogP contribution >= 0.6 is 0 Å². The van der Waals surface area contributed by atoms with Crippen LogP contribution in [0.25, 0.3) is 16.9 Å². The Morgan fingerprint density at radius 3 is 2.29 bits per heavy atom. The molecule has 0 radical (unpaired) electrons. The van der Waals surface area contributed by atoms with Gasteiger partial charge < -0.3 is 14.6 Å². The van der Waals surface area contributed by atoms with Gasteiger partial charge in [-0.2, -0.15) is 5.10 Å². The number of aromatic carboxylic acids is 1. The van der Waals surface area contributed by atoms with E-state index in [0.29, 0.717) is 34.8 Å². The van der Waals surface area contributed by atoms with E-state index in [1.807, 2.05) is 51.1 Å². The molecule has 0 fully saturated rings. The molecule has 4 rings (SSSR count). The summed E-state index contributed by atoms with van der Waals surface area (Å²) in [6, 6.07) is 14.3. The minimum atomic E-state index is -0.867. The normalized spacial score (nSPS) is 10.4. The standard InChI is InChI=1S/C17H17N3O3.C9H10O2/c1-4-14(21)12-10-17-18-8-7-13(20(17)19-12)11-5-6-15(22-2)16(9-11)23-3;1-6-3-4-8(9(10)11)5-7(6)2/h5-10H,4H2,1-3H3;3-5H,1-2H3,(H,10,11). The zero-order chi connectivity index (χ0) is 24.8. The number of ether oxygens (including phenoxy) is 2. The van der Waals surface area contributed by atoms with E-state index in [1.54, 1.807) is 43.1 Å². The van der Waals surface area contributed by atoms with Gasteiger partial charge in [-0.25, -0.2) is 14.3 Å². The van der Waals surface area contributed by atoms with Gasteiger partial charge in [0.2, 0.25) is 0 Å². The van der Waals surface area contributed by atoms with E-state index in [4.69, 9.17) is 14.6 Å². The zero-order valence-electron chi connectivity index (χ0n) is 19.8. The number of fused-ring (bicyclic) bond motifs is 1. The Kier molecular flexibility index (Phi) is 7.63. The molecule has 2 aromatic heterocycles. The van der Waals surface area contributed by atoms with Gasteiger partial charge in [0.15, 0.2) is 22.9 Å². The zero-order valence-corrected chi connectivity index (χ0v) is 19.8. The van der Waals surface area contributed by atoms with Crippen molar-refractivity contribution in [2.45, 2.75) is 27.2 Å². The maximum Gasteiger partial charge on any atom is 0.335 e. The molecule has 8 nitrogen and oxygen atoms in total. The third-order valence-electron chi connectivity index (χ3n) is 5.40. The minimum absolute atomic E-state index is 0.00578. The molecule has 0 aliphatic rings. The van der Waals surface area contributed by atoms with Gasteiger partial charge in [0.05, 0.1) is 25.5 Å². The lowest BCUT2D eigenvalue weighted by atomic mass is 10.1. The highest BCUT2D eigenvalue weighted by atomic mass is 16.5. The van der Waals surface area contributed by atoms with Crippen LogP contribution in [0, 0.1) is 13.8 Å². The van der Waals surface area contributed by atoms with Crippen molar-refractivity contribution >= 4 is 17.4 Å². The van der Waals surface area contributed by atoms with Gasteiger partial charge in [-0.1, -0.05) is 13.0 Å². The Bertz CT molecular complexity index is 1340. The summed E-state index contributed by atoms with van der Waals surface area (Å²) in [6.07, 6.45) is 2.11. The first-order chi connectivity index (χ1) is 16.3. The number of rotatable bonds is 6. The molecule has 2 heterocycles. The Labute approximate surface area is 197 Å². The summed E-state index contributed by atoms with van der Waals surface area (Å²) in [5.41, 5.74) is 5.27. The number of hydrogen-bond acceptors (Lipinski definition) is 6. The summed E-state index contributed by atoms with van der Waals surface area (Å²) >= 11 is 0. The van der Waals surface area contributed by atoms with E-state index in [-0.39, 0.29) is 5.78 Å². The maximum atomic E-state index is 11.9. The third-order valence-corrected chi connectivity index (χ3v) is 5.40. The van der Waals surface area contributed by atoms with Gasteiger partial charge in [0, 0.05) is 24.2 Å². The SMILES string of the molecule is CCC(=O)c1cc2nccc(-c3ccc(OC)c(OC)c3)n2n1.Cc1ccc(C(=O)O)cc1C. The second kappa shape index (κ2) is 10.6. The molecule has 176 valence electrons. The number of benzene rings is 2. The molecule has 8 heteroatoms. The number of nitrogens with zero attached hydrogens (tertiary/aromatic N) is 3. The fourth-order valence-corrected chi connectivity index (χ4v) is 3.30. The molecule has 0 aliphatic heterocycles. The molecular formula is C26H27N3O5. The third kappa shape index (κ3) is 5.23. The van der Waals surface area contributed by atoms with Crippen molar-refractivity contribution in [3.8, 4) is 22.8 Å². The summed E-state index contributed by atoms with van der Waals surface area (Å²) in [7, 11) is 3.19. The molecule has 0 saturated heterocycles. The largest absolute Gasteiger partial charge is 0.493 e. The smallest absolute Gasteiger partial charge is 0.335 e. The Hall–Kier alpha value is -4.20. The summed E-state index contributed by atoms with van der Waals surface area (Å²) in [4.78, 5) is 26.6. The fourth-order valence-electron chi connectivity index (χ4n) is 3.30. The van der Waals surface area contributed by atoms with Gasteiger partial charge >= 0.3 is 5.97 Å². The molecule has 0 saturated carbocycles. The van der Waals surface area contributed by atoms with Crippen LogP contribution in [-0.4, -0.2) is 45.7 Å². The first-order valence-corrected chi connectivity index (χ1v) is 10.7. The van der Waals surface area contributed by atoms with E-state index in [9.17, 15) is 9.59 Å². The van der Waals surface area contributed by atoms with Crippen molar-refractivity contribution in [1.82, 2.24) is 14.6 Å². The van der Waals surface area contributed by atoms with Crippen molar-refractivity contribution < 1.29 is 24.2 Å². The van der Waals surface area contributed by atoms with Gasteiger partial charge in [-0.15, -0.1) is 0 Å². The Morgan fingerprint density at radius 1 is 0.941 bits per heavy atom.